The highest BCUT2D eigenvalue weighted by Crippen LogP contribution is 2.28. The van der Waals surface area contributed by atoms with E-state index in [0.29, 0.717) is 13.2 Å². The van der Waals surface area contributed by atoms with Crippen molar-refractivity contribution in [2.45, 2.75) is 27.7 Å². The predicted molar refractivity (Wildman–Crippen MR) is 99.3 cm³/mol. The van der Waals surface area contributed by atoms with E-state index in [2.05, 4.69) is 10.1 Å². The van der Waals surface area contributed by atoms with Crippen molar-refractivity contribution in [3.63, 3.8) is 0 Å². The van der Waals surface area contributed by atoms with Gasteiger partial charge in [0.1, 0.15) is 31.8 Å². The molecule has 0 spiro atoms. The Balaban J connectivity index is 2.54. The standard InChI is InChI=1S/C19H30N2O3/c1-7-8-10-23-18-12-15(2)19(16(3)13-18)24-11-9-21(5)14-17(4)20-22-6/h7-8,12-13H,9-11,14H2,1-6H3/b8-7+,20-17+. The number of benzene rings is 1. The maximum Gasteiger partial charge on any atom is 0.125 e. The van der Waals surface area contributed by atoms with Crippen LogP contribution in [0.2, 0.25) is 0 Å². The fourth-order valence-electron chi connectivity index (χ4n) is 2.42. The van der Waals surface area contributed by atoms with Crippen LogP contribution >= 0.6 is 0 Å². The molecule has 1 rings (SSSR count). The number of hydrogen-bond acceptors (Lipinski definition) is 5. The lowest BCUT2D eigenvalue weighted by molar-refractivity contribution is 0.208. The van der Waals surface area contributed by atoms with E-state index in [4.69, 9.17) is 14.3 Å². The third-order valence-electron chi connectivity index (χ3n) is 3.48. The Morgan fingerprint density at radius 3 is 2.46 bits per heavy atom. The van der Waals surface area contributed by atoms with Gasteiger partial charge in [-0.3, -0.25) is 4.90 Å². The van der Waals surface area contributed by atoms with Crippen molar-refractivity contribution in [3.05, 3.63) is 35.4 Å². The van der Waals surface area contributed by atoms with E-state index in [1.165, 1.54) is 0 Å². The van der Waals surface area contributed by atoms with Gasteiger partial charge in [0.05, 0.1) is 5.71 Å². The zero-order valence-corrected chi connectivity index (χ0v) is 15.8. The number of aryl methyl sites for hydroxylation is 2. The van der Waals surface area contributed by atoms with Gasteiger partial charge in [0.25, 0.3) is 0 Å². The molecule has 0 N–H and O–H groups in total. The first-order valence-corrected chi connectivity index (χ1v) is 8.21. The normalized spacial score (nSPS) is 12.0. The molecule has 0 saturated heterocycles. The average Bonchev–Trinajstić information content (AvgIpc) is 2.50. The number of rotatable bonds is 10. The van der Waals surface area contributed by atoms with E-state index < -0.39 is 0 Å². The molecule has 0 fully saturated rings. The lowest BCUT2D eigenvalue weighted by Gasteiger charge is -2.18. The summed E-state index contributed by atoms with van der Waals surface area (Å²) < 4.78 is 11.7. The van der Waals surface area contributed by atoms with Crippen LogP contribution in [-0.4, -0.2) is 51.1 Å². The van der Waals surface area contributed by atoms with Crippen LogP contribution in [0.25, 0.3) is 0 Å². The van der Waals surface area contributed by atoms with Crippen molar-refractivity contribution in [2.24, 2.45) is 5.16 Å². The van der Waals surface area contributed by atoms with Crippen LogP contribution in [0.1, 0.15) is 25.0 Å². The molecule has 0 bridgehead atoms. The molecule has 134 valence electrons. The van der Waals surface area contributed by atoms with Gasteiger partial charge in [0.2, 0.25) is 0 Å². The van der Waals surface area contributed by atoms with Crippen LogP contribution in [-0.2, 0) is 4.84 Å². The summed E-state index contributed by atoms with van der Waals surface area (Å²) in [4.78, 5) is 6.92. The van der Waals surface area contributed by atoms with E-state index in [0.717, 1.165) is 41.4 Å². The number of nitrogens with zero attached hydrogens (tertiary/aromatic N) is 2. The van der Waals surface area contributed by atoms with Gasteiger partial charge in [-0.05, 0) is 58.0 Å². The SMILES string of the molecule is C/C=C/COc1cc(C)c(OCCN(C)C/C(C)=N/OC)c(C)c1. The van der Waals surface area contributed by atoms with Gasteiger partial charge in [0.15, 0.2) is 0 Å². The van der Waals surface area contributed by atoms with Crippen molar-refractivity contribution < 1.29 is 14.3 Å². The van der Waals surface area contributed by atoms with Crippen LogP contribution in [0.4, 0.5) is 0 Å². The van der Waals surface area contributed by atoms with Gasteiger partial charge in [-0.25, -0.2) is 0 Å². The first-order chi connectivity index (χ1) is 11.5. The van der Waals surface area contributed by atoms with Crippen LogP contribution in [0.3, 0.4) is 0 Å². The van der Waals surface area contributed by atoms with Crippen molar-refractivity contribution in [1.82, 2.24) is 4.90 Å². The number of oxime groups is 1. The Labute approximate surface area is 145 Å². The van der Waals surface area contributed by atoms with Gasteiger partial charge < -0.3 is 14.3 Å². The van der Waals surface area contributed by atoms with Gasteiger partial charge in [-0.1, -0.05) is 17.3 Å². The Kier molecular flexibility index (Phi) is 8.94. The summed E-state index contributed by atoms with van der Waals surface area (Å²) in [6.07, 6.45) is 3.96. The van der Waals surface area contributed by atoms with Crippen molar-refractivity contribution in [2.75, 3.05) is 40.5 Å². The minimum Gasteiger partial charge on any atom is -0.492 e. The second kappa shape index (κ2) is 10.7. The van der Waals surface area contributed by atoms with Crippen molar-refractivity contribution in [3.8, 4) is 11.5 Å². The minimum atomic E-state index is 0.586. The summed E-state index contributed by atoms with van der Waals surface area (Å²) in [6, 6.07) is 4.04. The van der Waals surface area contributed by atoms with E-state index in [9.17, 15) is 0 Å². The molecule has 0 saturated carbocycles. The first kappa shape index (κ1) is 20.0. The molecule has 5 nitrogen and oxygen atoms in total. The van der Waals surface area contributed by atoms with Gasteiger partial charge in [-0.2, -0.15) is 0 Å². The summed E-state index contributed by atoms with van der Waals surface area (Å²) in [5.74, 6) is 1.81. The van der Waals surface area contributed by atoms with E-state index in [1.54, 1.807) is 7.11 Å². The molecule has 0 heterocycles. The minimum absolute atomic E-state index is 0.586. The Morgan fingerprint density at radius 1 is 1.21 bits per heavy atom. The summed E-state index contributed by atoms with van der Waals surface area (Å²) in [5, 5.41) is 3.91. The lowest BCUT2D eigenvalue weighted by atomic mass is 10.1. The fraction of sp³-hybridized carbons (Fsp3) is 0.526. The topological polar surface area (TPSA) is 43.3 Å². The molecular formula is C19H30N2O3. The Hall–Kier alpha value is -2.01. The highest BCUT2D eigenvalue weighted by atomic mass is 16.6. The lowest BCUT2D eigenvalue weighted by Crippen LogP contribution is -2.29. The number of likely N-dealkylation sites (N-methyl/N-ethyl adjacent to an activating group) is 1. The van der Waals surface area contributed by atoms with E-state index >= 15 is 0 Å². The largest absolute Gasteiger partial charge is 0.492 e. The Bertz CT molecular complexity index is 545. The van der Waals surface area contributed by atoms with Gasteiger partial charge >= 0.3 is 0 Å². The molecule has 0 aliphatic heterocycles. The zero-order chi connectivity index (χ0) is 17.9. The van der Waals surface area contributed by atoms with Gasteiger partial charge in [-0.15, -0.1) is 0 Å². The van der Waals surface area contributed by atoms with Crippen LogP contribution < -0.4 is 9.47 Å². The maximum absolute atomic E-state index is 5.98. The van der Waals surface area contributed by atoms with Crippen molar-refractivity contribution in [1.29, 1.82) is 0 Å². The summed E-state index contributed by atoms with van der Waals surface area (Å²) in [5.41, 5.74) is 3.12. The van der Waals surface area contributed by atoms with Gasteiger partial charge in [0, 0.05) is 13.1 Å². The monoisotopic (exact) mass is 334 g/mol. The third-order valence-corrected chi connectivity index (χ3v) is 3.48. The fourth-order valence-corrected chi connectivity index (χ4v) is 2.42. The third kappa shape index (κ3) is 7.04. The zero-order valence-electron chi connectivity index (χ0n) is 15.8. The molecule has 0 aliphatic rings. The number of hydrogen-bond donors (Lipinski definition) is 0. The molecular weight excluding hydrogens is 304 g/mol. The van der Waals surface area contributed by atoms with E-state index in [1.807, 2.05) is 59.0 Å². The molecule has 24 heavy (non-hydrogen) atoms. The molecule has 0 aliphatic carbocycles. The van der Waals surface area contributed by atoms with Crippen LogP contribution in [0.15, 0.2) is 29.4 Å². The summed E-state index contributed by atoms with van der Waals surface area (Å²) in [6.45, 7) is 10.8. The molecule has 1 aromatic rings. The molecule has 0 amide bonds. The summed E-state index contributed by atoms with van der Waals surface area (Å²) in [7, 11) is 3.60. The predicted octanol–water partition coefficient (Wildman–Crippen LogP) is 3.59. The van der Waals surface area contributed by atoms with Crippen LogP contribution in [0.5, 0.6) is 11.5 Å². The molecule has 0 unspecified atom stereocenters. The van der Waals surface area contributed by atoms with E-state index in [-0.39, 0.29) is 0 Å². The molecule has 0 aromatic heterocycles. The molecule has 0 radical (unpaired) electrons. The highest BCUT2D eigenvalue weighted by Gasteiger charge is 2.08. The first-order valence-electron chi connectivity index (χ1n) is 8.21. The summed E-state index contributed by atoms with van der Waals surface area (Å²) >= 11 is 0. The highest BCUT2D eigenvalue weighted by molar-refractivity contribution is 5.83. The number of ether oxygens (including phenoxy) is 2. The smallest absolute Gasteiger partial charge is 0.125 e. The van der Waals surface area contributed by atoms with Crippen molar-refractivity contribution >= 4 is 5.71 Å². The average molecular weight is 334 g/mol. The number of allylic oxidation sites excluding steroid dienone is 1. The Morgan fingerprint density at radius 2 is 1.88 bits per heavy atom. The second-order valence-electron chi connectivity index (χ2n) is 5.86. The second-order valence-corrected chi connectivity index (χ2v) is 5.86. The molecule has 1 aromatic carbocycles. The van der Waals surface area contributed by atoms with Crippen LogP contribution in [0, 0.1) is 13.8 Å². The molecule has 0 atom stereocenters. The molecule has 5 heteroatoms. The maximum atomic E-state index is 5.98. The quantitative estimate of drug-likeness (QED) is 0.373.